The number of esters is 2. The predicted octanol–water partition coefficient (Wildman–Crippen LogP) is 2.15. The minimum absolute atomic E-state index is 0.0251. The molecule has 7 nitrogen and oxygen atoms in total. The lowest BCUT2D eigenvalue weighted by atomic mass is 10.1. The molecule has 1 aliphatic carbocycles. The third kappa shape index (κ3) is 5.71. The molecule has 0 saturated heterocycles. The Labute approximate surface area is 147 Å². The van der Waals surface area contributed by atoms with E-state index in [0.29, 0.717) is 0 Å². The second-order valence-corrected chi connectivity index (χ2v) is 10.8. The smallest absolute Gasteiger partial charge is 0.339 e. The van der Waals surface area contributed by atoms with Gasteiger partial charge in [0.2, 0.25) is 0 Å². The van der Waals surface area contributed by atoms with Crippen LogP contribution in [0.2, 0.25) is 19.6 Å². The van der Waals surface area contributed by atoms with Crippen LogP contribution in [0.1, 0.15) is 6.92 Å². The number of nitriles is 2. The fourth-order valence-electron chi connectivity index (χ4n) is 1.88. The van der Waals surface area contributed by atoms with Crippen molar-refractivity contribution in [1.82, 2.24) is 0 Å². The van der Waals surface area contributed by atoms with Gasteiger partial charge in [-0.15, -0.1) is 0 Å². The maximum Gasteiger partial charge on any atom is 0.339 e. The van der Waals surface area contributed by atoms with Crippen molar-refractivity contribution in [2.24, 2.45) is 0 Å². The molecule has 0 heterocycles. The quantitative estimate of drug-likeness (QED) is 0.296. The van der Waals surface area contributed by atoms with Crippen molar-refractivity contribution in [2.45, 2.75) is 32.7 Å². The summed E-state index contributed by atoms with van der Waals surface area (Å²) in [5, 5.41) is 18.5. The van der Waals surface area contributed by atoms with Gasteiger partial charge in [-0.25, -0.2) is 9.59 Å². The van der Waals surface area contributed by atoms with E-state index in [-0.39, 0.29) is 35.5 Å². The number of carbonyl (C=O) groups excluding carboxylic acids is 2. The lowest BCUT2D eigenvalue weighted by molar-refractivity contribution is -0.141. The van der Waals surface area contributed by atoms with E-state index in [0.717, 1.165) is 0 Å². The zero-order chi connectivity index (χ0) is 19.2. The summed E-state index contributed by atoms with van der Waals surface area (Å²) in [5.74, 6) is -1.48. The molecule has 25 heavy (non-hydrogen) atoms. The molecule has 0 aromatic heterocycles. The molecular weight excluding hydrogens is 340 g/mol. The van der Waals surface area contributed by atoms with Crippen molar-refractivity contribution in [3.63, 3.8) is 0 Å². The van der Waals surface area contributed by atoms with Crippen molar-refractivity contribution >= 4 is 20.3 Å². The van der Waals surface area contributed by atoms with Crippen LogP contribution in [-0.4, -0.2) is 39.6 Å². The van der Waals surface area contributed by atoms with Crippen LogP contribution in [0.5, 0.6) is 0 Å². The van der Waals surface area contributed by atoms with Crippen LogP contribution >= 0.6 is 0 Å². The monoisotopic (exact) mass is 360 g/mol. The molecule has 0 fully saturated rings. The largest absolute Gasteiger partial charge is 0.460 e. The van der Waals surface area contributed by atoms with E-state index in [2.05, 4.69) is 6.58 Å². The highest BCUT2D eigenvalue weighted by atomic mass is 28.4. The molecule has 0 radical (unpaired) electrons. The molecule has 1 rings (SSSR count). The fraction of sp³-hybridized carbons (Fsp3) is 0.412. The van der Waals surface area contributed by atoms with Gasteiger partial charge in [-0.2, -0.15) is 10.5 Å². The van der Waals surface area contributed by atoms with Gasteiger partial charge >= 0.3 is 11.9 Å². The minimum atomic E-state index is -1.71. The standard InChI is InChI=1S/C17H20N2O5Si/c1-11(2)16(20)24-15-8-12(13(9-18)14(15)10-19)17(21)22-6-7-23-25(3,4)5/h8,15H,1,6-7H2,2-5H3. The van der Waals surface area contributed by atoms with E-state index in [1.165, 1.54) is 13.0 Å². The summed E-state index contributed by atoms with van der Waals surface area (Å²) in [4.78, 5) is 23.8. The Balaban J connectivity index is 2.86. The maximum absolute atomic E-state index is 12.2. The summed E-state index contributed by atoms with van der Waals surface area (Å²) in [5.41, 5.74) is -0.212. The number of carbonyl (C=O) groups is 2. The maximum atomic E-state index is 12.2. The number of nitrogens with zero attached hydrogens (tertiary/aromatic N) is 2. The molecule has 1 unspecified atom stereocenters. The van der Waals surface area contributed by atoms with Crippen LogP contribution in [0, 0.1) is 22.7 Å². The number of rotatable bonds is 7. The predicted molar refractivity (Wildman–Crippen MR) is 91.3 cm³/mol. The van der Waals surface area contributed by atoms with Gasteiger partial charge in [0.05, 0.1) is 23.3 Å². The van der Waals surface area contributed by atoms with Gasteiger partial charge in [-0.1, -0.05) is 6.58 Å². The molecule has 0 amide bonds. The van der Waals surface area contributed by atoms with E-state index >= 15 is 0 Å². The topological polar surface area (TPSA) is 109 Å². The molecule has 0 spiro atoms. The van der Waals surface area contributed by atoms with Crippen LogP contribution in [0.15, 0.2) is 34.9 Å². The Kier molecular flexibility index (Phi) is 6.86. The van der Waals surface area contributed by atoms with Crippen molar-refractivity contribution in [2.75, 3.05) is 13.2 Å². The summed E-state index contributed by atoms with van der Waals surface area (Å²) >= 11 is 0. The van der Waals surface area contributed by atoms with Crippen molar-refractivity contribution in [1.29, 1.82) is 10.5 Å². The van der Waals surface area contributed by atoms with Crippen molar-refractivity contribution in [3.8, 4) is 12.1 Å². The summed E-state index contributed by atoms with van der Waals surface area (Å²) < 4.78 is 15.7. The molecular formula is C17H20N2O5Si. The first-order valence-corrected chi connectivity index (χ1v) is 11.0. The molecule has 0 aromatic carbocycles. The highest BCUT2D eigenvalue weighted by molar-refractivity contribution is 6.69. The van der Waals surface area contributed by atoms with Crippen molar-refractivity contribution < 1.29 is 23.5 Å². The van der Waals surface area contributed by atoms with Gasteiger partial charge in [0.1, 0.15) is 18.7 Å². The molecule has 1 aliphatic rings. The Hall–Kier alpha value is -2.68. The molecule has 0 N–H and O–H groups in total. The van der Waals surface area contributed by atoms with Crippen LogP contribution in [0.4, 0.5) is 0 Å². The van der Waals surface area contributed by atoms with Gasteiger partial charge in [0.25, 0.3) is 0 Å². The number of hydrogen-bond donors (Lipinski definition) is 0. The highest BCUT2D eigenvalue weighted by Gasteiger charge is 2.34. The number of hydrogen-bond acceptors (Lipinski definition) is 7. The SMILES string of the molecule is C=C(C)C(=O)OC1C=C(C(=O)OCCO[Si](C)(C)C)C(C#N)=C1C#N. The van der Waals surface area contributed by atoms with Gasteiger partial charge < -0.3 is 13.9 Å². The first-order chi connectivity index (χ1) is 11.6. The van der Waals surface area contributed by atoms with Crippen LogP contribution in [-0.2, 0) is 23.5 Å². The molecule has 0 aromatic rings. The normalized spacial score (nSPS) is 16.6. The second kappa shape index (κ2) is 8.43. The average Bonchev–Trinajstić information content (AvgIpc) is 2.87. The van der Waals surface area contributed by atoms with E-state index < -0.39 is 26.4 Å². The molecule has 0 bridgehead atoms. The highest BCUT2D eigenvalue weighted by Crippen LogP contribution is 2.29. The average molecular weight is 360 g/mol. The first-order valence-electron chi connectivity index (χ1n) is 7.55. The van der Waals surface area contributed by atoms with Crippen LogP contribution in [0.3, 0.4) is 0 Å². The summed E-state index contributed by atoms with van der Waals surface area (Å²) in [7, 11) is -1.71. The van der Waals surface area contributed by atoms with E-state index in [9.17, 15) is 20.1 Å². The summed E-state index contributed by atoms with van der Waals surface area (Å²) in [6.45, 7) is 11.2. The Morgan fingerprint density at radius 1 is 1.24 bits per heavy atom. The van der Waals surface area contributed by atoms with E-state index in [4.69, 9.17) is 13.9 Å². The molecule has 1 atom stereocenters. The summed E-state index contributed by atoms with van der Waals surface area (Å²) in [6.07, 6.45) is 0.129. The van der Waals surface area contributed by atoms with Crippen LogP contribution in [0.25, 0.3) is 0 Å². The molecule has 132 valence electrons. The van der Waals surface area contributed by atoms with E-state index in [1.54, 1.807) is 12.1 Å². The lowest BCUT2D eigenvalue weighted by Crippen LogP contribution is -2.27. The van der Waals surface area contributed by atoms with Gasteiger partial charge in [-0.05, 0) is 32.6 Å². The lowest BCUT2D eigenvalue weighted by Gasteiger charge is -2.16. The van der Waals surface area contributed by atoms with Gasteiger partial charge in [0.15, 0.2) is 14.4 Å². The van der Waals surface area contributed by atoms with E-state index in [1.807, 2.05) is 19.6 Å². The third-order valence-electron chi connectivity index (χ3n) is 3.03. The Bertz CT molecular complexity index is 732. The van der Waals surface area contributed by atoms with Gasteiger partial charge in [-0.3, -0.25) is 0 Å². The molecule has 0 saturated carbocycles. The van der Waals surface area contributed by atoms with Crippen molar-refractivity contribution in [3.05, 3.63) is 34.9 Å². The Morgan fingerprint density at radius 3 is 2.36 bits per heavy atom. The number of ether oxygens (including phenoxy) is 2. The minimum Gasteiger partial charge on any atom is -0.460 e. The first kappa shape index (κ1) is 20.4. The zero-order valence-corrected chi connectivity index (χ0v) is 15.7. The third-order valence-corrected chi connectivity index (χ3v) is 4.10. The zero-order valence-electron chi connectivity index (χ0n) is 14.7. The fourth-order valence-corrected chi connectivity index (χ4v) is 2.58. The Morgan fingerprint density at radius 2 is 1.88 bits per heavy atom. The van der Waals surface area contributed by atoms with Crippen LogP contribution < -0.4 is 0 Å². The summed E-state index contributed by atoms with van der Waals surface area (Å²) in [6, 6.07) is 3.60. The molecule has 0 aliphatic heterocycles. The second-order valence-electron chi connectivity index (χ2n) is 6.30. The van der Waals surface area contributed by atoms with Gasteiger partial charge in [0, 0.05) is 5.57 Å². The molecule has 8 heteroatoms.